The molecule has 3 unspecified atom stereocenters. The van der Waals surface area contributed by atoms with Crippen LogP contribution in [0.2, 0.25) is 0 Å². The third-order valence-electron chi connectivity index (χ3n) is 6.17. The summed E-state index contributed by atoms with van der Waals surface area (Å²) in [6, 6.07) is 6.98. The van der Waals surface area contributed by atoms with Crippen LogP contribution < -0.4 is 26.4 Å². The zero-order chi connectivity index (χ0) is 23.7. The van der Waals surface area contributed by atoms with Crippen LogP contribution in [0.3, 0.4) is 0 Å². The highest BCUT2D eigenvalue weighted by molar-refractivity contribution is 6.04. The molecule has 4 N–H and O–H groups in total. The lowest BCUT2D eigenvalue weighted by atomic mass is 9.92. The Hall–Kier alpha value is -3.69. The van der Waals surface area contributed by atoms with Gasteiger partial charge in [0.25, 0.3) is 5.56 Å². The molecule has 174 valence electrons. The summed E-state index contributed by atoms with van der Waals surface area (Å²) >= 11 is 0. The topological polar surface area (TPSA) is 136 Å². The lowest BCUT2D eigenvalue weighted by Gasteiger charge is -2.39. The van der Waals surface area contributed by atoms with Crippen LogP contribution in [0.15, 0.2) is 29.1 Å². The predicted molar refractivity (Wildman–Crippen MR) is 125 cm³/mol. The molecule has 10 heteroatoms. The molecular weight excluding hydrogens is 424 g/mol. The minimum atomic E-state index is -0.967. The molecule has 1 saturated heterocycles. The fraction of sp³-hybridized carbons (Fsp3) is 0.435. The van der Waals surface area contributed by atoms with Crippen LogP contribution in [0.5, 0.6) is 0 Å². The minimum absolute atomic E-state index is 0.135. The quantitative estimate of drug-likeness (QED) is 0.563. The van der Waals surface area contributed by atoms with Crippen LogP contribution in [0.1, 0.15) is 57.9 Å². The van der Waals surface area contributed by atoms with Gasteiger partial charge >= 0.3 is 0 Å². The predicted octanol–water partition coefficient (Wildman–Crippen LogP) is 2.56. The molecule has 33 heavy (non-hydrogen) atoms. The summed E-state index contributed by atoms with van der Waals surface area (Å²) < 4.78 is 0. The minimum Gasteiger partial charge on any atom is -0.337 e. The van der Waals surface area contributed by atoms with Crippen molar-refractivity contribution in [3.8, 4) is 0 Å². The van der Waals surface area contributed by atoms with Gasteiger partial charge in [0.15, 0.2) is 0 Å². The molecule has 1 aromatic heterocycles. The van der Waals surface area contributed by atoms with Crippen molar-refractivity contribution in [3.05, 3.63) is 40.2 Å². The van der Waals surface area contributed by atoms with Gasteiger partial charge in [-0.2, -0.15) is 4.98 Å². The second-order valence-electron chi connectivity index (χ2n) is 8.74. The number of nitrogens with zero attached hydrogens (tertiary/aromatic N) is 2. The van der Waals surface area contributed by atoms with E-state index in [1.165, 1.54) is 6.92 Å². The van der Waals surface area contributed by atoms with Crippen molar-refractivity contribution in [2.45, 2.75) is 64.5 Å². The van der Waals surface area contributed by atoms with E-state index in [1.54, 1.807) is 24.3 Å². The first kappa shape index (κ1) is 22.5. The van der Waals surface area contributed by atoms with E-state index in [9.17, 15) is 19.2 Å². The summed E-state index contributed by atoms with van der Waals surface area (Å²) in [5, 5.41) is 8.07. The van der Waals surface area contributed by atoms with Gasteiger partial charge in [-0.3, -0.25) is 24.2 Å². The Morgan fingerprint density at radius 1 is 1.03 bits per heavy atom. The standard InChI is InChI=1S/C23H28N6O4/c1-12-5-4-6-13(2)29(12)23-27-20-19(22(33)28-23)17(11-18(31)26-20)21(32)25-16-9-7-15(8-10-16)24-14(3)30/h7-10,12-13,17H,4-6,11H2,1-3H3,(H,24,30)(H,25,32)(H2,26,27,28,31,33). The van der Waals surface area contributed by atoms with Crippen LogP contribution in [0.25, 0.3) is 0 Å². The molecule has 2 aliphatic heterocycles. The zero-order valence-electron chi connectivity index (χ0n) is 18.9. The SMILES string of the molecule is CC(=O)Nc1ccc(NC(=O)C2CC(=O)Nc3nc(N4C(C)CCCC4C)[nH]c(=O)c32)cc1. The van der Waals surface area contributed by atoms with Gasteiger partial charge in [-0.1, -0.05) is 0 Å². The molecule has 0 spiro atoms. The third kappa shape index (κ3) is 4.74. The van der Waals surface area contributed by atoms with E-state index in [0.717, 1.165) is 19.3 Å². The molecule has 4 rings (SSSR count). The Morgan fingerprint density at radius 3 is 2.24 bits per heavy atom. The highest BCUT2D eigenvalue weighted by atomic mass is 16.2. The van der Waals surface area contributed by atoms with Gasteiger partial charge in [-0.15, -0.1) is 0 Å². The molecular formula is C23H28N6O4. The number of aromatic amines is 1. The molecule has 0 saturated carbocycles. The lowest BCUT2D eigenvalue weighted by Crippen LogP contribution is -2.46. The fourth-order valence-corrected chi connectivity index (χ4v) is 4.61. The second-order valence-corrected chi connectivity index (χ2v) is 8.74. The van der Waals surface area contributed by atoms with Crippen molar-refractivity contribution in [2.24, 2.45) is 0 Å². The number of benzene rings is 1. The van der Waals surface area contributed by atoms with Crippen LogP contribution >= 0.6 is 0 Å². The van der Waals surface area contributed by atoms with Crippen molar-refractivity contribution < 1.29 is 14.4 Å². The summed E-state index contributed by atoms with van der Waals surface area (Å²) in [4.78, 5) is 59.1. The number of carbonyl (C=O) groups is 3. The van der Waals surface area contributed by atoms with E-state index in [0.29, 0.717) is 17.3 Å². The number of aromatic nitrogens is 2. The smallest absolute Gasteiger partial charge is 0.258 e. The van der Waals surface area contributed by atoms with Crippen molar-refractivity contribution in [1.82, 2.24) is 9.97 Å². The molecule has 3 amide bonds. The number of H-pyrrole nitrogens is 1. The van der Waals surface area contributed by atoms with E-state index in [-0.39, 0.29) is 41.7 Å². The van der Waals surface area contributed by atoms with Gasteiger partial charge in [0, 0.05) is 36.8 Å². The molecule has 0 radical (unpaired) electrons. The third-order valence-corrected chi connectivity index (χ3v) is 6.17. The number of hydrogen-bond donors (Lipinski definition) is 4. The molecule has 1 aromatic carbocycles. The van der Waals surface area contributed by atoms with Gasteiger partial charge in [0.05, 0.1) is 11.5 Å². The Labute approximate surface area is 191 Å². The summed E-state index contributed by atoms with van der Waals surface area (Å²) in [5.41, 5.74) is 0.806. The molecule has 0 bridgehead atoms. The average molecular weight is 453 g/mol. The Kier molecular flexibility index (Phi) is 6.17. The summed E-state index contributed by atoms with van der Waals surface area (Å²) in [5.74, 6) is -1.46. The van der Waals surface area contributed by atoms with Crippen molar-refractivity contribution >= 4 is 40.9 Å². The van der Waals surface area contributed by atoms with Crippen LogP contribution in [0.4, 0.5) is 23.1 Å². The Morgan fingerprint density at radius 2 is 1.64 bits per heavy atom. The van der Waals surface area contributed by atoms with Crippen LogP contribution in [0, 0.1) is 0 Å². The van der Waals surface area contributed by atoms with Gasteiger partial charge in [0.1, 0.15) is 5.82 Å². The highest BCUT2D eigenvalue weighted by Gasteiger charge is 2.36. The molecule has 1 fully saturated rings. The van der Waals surface area contributed by atoms with E-state index >= 15 is 0 Å². The Balaban J connectivity index is 1.60. The van der Waals surface area contributed by atoms with E-state index in [4.69, 9.17) is 0 Å². The largest absolute Gasteiger partial charge is 0.337 e. The maximum Gasteiger partial charge on any atom is 0.258 e. The highest BCUT2D eigenvalue weighted by Crippen LogP contribution is 2.32. The van der Waals surface area contributed by atoms with Crippen molar-refractivity contribution in [2.75, 3.05) is 20.9 Å². The number of anilines is 4. The van der Waals surface area contributed by atoms with Crippen molar-refractivity contribution in [3.63, 3.8) is 0 Å². The number of nitrogens with one attached hydrogen (secondary N) is 4. The number of carbonyl (C=O) groups excluding carboxylic acids is 3. The molecule has 0 aliphatic carbocycles. The number of fused-ring (bicyclic) bond motifs is 1. The van der Waals surface area contributed by atoms with Gasteiger partial charge in [0.2, 0.25) is 23.7 Å². The zero-order valence-corrected chi connectivity index (χ0v) is 18.9. The average Bonchev–Trinajstić information content (AvgIpc) is 2.73. The summed E-state index contributed by atoms with van der Waals surface area (Å²) in [7, 11) is 0. The van der Waals surface area contributed by atoms with E-state index in [1.807, 2.05) is 0 Å². The molecule has 3 atom stereocenters. The normalized spacial score (nSPS) is 22.2. The maximum atomic E-state index is 13.1. The summed E-state index contributed by atoms with van der Waals surface area (Å²) in [6.45, 7) is 5.58. The van der Waals surface area contributed by atoms with Gasteiger partial charge < -0.3 is 20.9 Å². The number of piperidine rings is 1. The monoisotopic (exact) mass is 452 g/mol. The first-order valence-electron chi connectivity index (χ1n) is 11.1. The molecule has 10 nitrogen and oxygen atoms in total. The molecule has 2 aromatic rings. The number of rotatable bonds is 4. The first-order valence-corrected chi connectivity index (χ1v) is 11.1. The summed E-state index contributed by atoms with van der Waals surface area (Å²) in [6.07, 6.45) is 2.94. The van der Waals surface area contributed by atoms with E-state index < -0.39 is 17.4 Å². The Bertz CT molecular complexity index is 1130. The first-order chi connectivity index (χ1) is 15.7. The number of hydrogen-bond acceptors (Lipinski definition) is 6. The lowest BCUT2D eigenvalue weighted by molar-refractivity contribution is -0.123. The second kappa shape index (κ2) is 9.05. The fourth-order valence-electron chi connectivity index (χ4n) is 4.61. The van der Waals surface area contributed by atoms with E-state index in [2.05, 4.69) is 44.7 Å². The van der Waals surface area contributed by atoms with Crippen LogP contribution in [-0.2, 0) is 14.4 Å². The maximum absolute atomic E-state index is 13.1. The molecule has 3 heterocycles. The van der Waals surface area contributed by atoms with Gasteiger partial charge in [-0.25, -0.2) is 0 Å². The van der Waals surface area contributed by atoms with Crippen molar-refractivity contribution in [1.29, 1.82) is 0 Å². The molecule has 2 aliphatic rings. The van der Waals surface area contributed by atoms with Crippen LogP contribution in [-0.4, -0.2) is 39.8 Å². The number of amides is 3. The van der Waals surface area contributed by atoms with Gasteiger partial charge in [-0.05, 0) is 57.4 Å².